The van der Waals surface area contributed by atoms with E-state index in [9.17, 15) is 13.2 Å². The molecule has 0 atom stereocenters. The molecular formula is C16H18N6O3S2. The van der Waals surface area contributed by atoms with Crippen LogP contribution in [0, 0.1) is 0 Å². The van der Waals surface area contributed by atoms with E-state index in [1.807, 2.05) is 0 Å². The third-order valence-corrected chi connectivity index (χ3v) is 7.27. The fourth-order valence-electron chi connectivity index (χ4n) is 2.90. The Bertz CT molecular complexity index is 1120. The molecule has 142 valence electrons. The van der Waals surface area contributed by atoms with Gasteiger partial charge in [-0.2, -0.15) is 17.0 Å². The van der Waals surface area contributed by atoms with E-state index in [0.717, 1.165) is 21.6 Å². The topological polar surface area (TPSA) is 111 Å². The van der Waals surface area contributed by atoms with E-state index in [1.165, 1.54) is 34.0 Å². The summed E-state index contributed by atoms with van der Waals surface area (Å²) in [5.74, 6) is -0.268. The Morgan fingerprint density at radius 2 is 2.19 bits per heavy atom. The molecule has 0 aliphatic carbocycles. The lowest BCUT2D eigenvalue weighted by Gasteiger charge is -2.27. The van der Waals surface area contributed by atoms with Crippen molar-refractivity contribution in [2.75, 3.05) is 26.0 Å². The van der Waals surface area contributed by atoms with Gasteiger partial charge in [0.1, 0.15) is 0 Å². The fraction of sp³-hybridized carbons (Fsp3) is 0.312. The quantitative estimate of drug-likeness (QED) is 0.681. The monoisotopic (exact) mass is 406 g/mol. The Kier molecular flexibility index (Phi) is 4.46. The molecule has 0 spiro atoms. The summed E-state index contributed by atoms with van der Waals surface area (Å²) < 4.78 is 27.2. The second-order valence-electron chi connectivity index (χ2n) is 6.35. The summed E-state index contributed by atoms with van der Waals surface area (Å²) in [7, 11) is -0.439. The highest BCUT2D eigenvalue weighted by atomic mass is 32.2. The van der Waals surface area contributed by atoms with E-state index < -0.39 is 10.2 Å². The Morgan fingerprint density at radius 3 is 2.96 bits per heavy atom. The zero-order valence-corrected chi connectivity index (χ0v) is 16.4. The average Bonchev–Trinajstić information content (AvgIpc) is 3.25. The maximum atomic E-state index is 12.5. The fourth-order valence-corrected chi connectivity index (χ4v) is 5.08. The van der Waals surface area contributed by atoms with Crippen LogP contribution in [0.1, 0.15) is 20.9 Å². The minimum Gasteiger partial charge on any atom is -0.345 e. The number of nitrogens with one attached hydrogen (secondary N) is 2. The molecule has 1 aromatic carbocycles. The maximum Gasteiger partial charge on any atom is 0.281 e. The first-order valence-corrected chi connectivity index (χ1v) is 10.5. The predicted octanol–water partition coefficient (Wildman–Crippen LogP) is 1.44. The average molecular weight is 406 g/mol. The number of imidazole rings is 1. The largest absolute Gasteiger partial charge is 0.345 e. The van der Waals surface area contributed by atoms with Crippen LogP contribution in [0.15, 0.2) is 24.5 Å². The minimum absolute atomic E-state index is 0.267. The zero-order valence-electron chi connectivity index (χ0n) is 14.8. The first-order chi connectivity index (χ1) is 12.8. The van der Waals surface area contributed by atoms with Gasteiger partial charge in [-0.3, -0.25) is 10.1 Å². The van der Waals surface area contributed by atoms with E-state index in [1.54, 1.807) is 24.5 Å². The SMILES string of the molecule is CN(C)S(=O)(=O)N1CCc2nc(NC(=O)c3ccc4nc[nH]c4c3)sc2C1. The van der Waals surface area contributed by atoms with Crippen LogP contribution >= 0.6 is 11.3 Å². The molecule has 9 nitrogen and oxygen atoms in total. The number of rotatable bonds is 4. The van der Waals surface area contributed by atoms with E-state index in [4.69, 9.17) is 0 Å². The number of H-pyrrole nitrogens is 1. The summed E-state index contributed by atoms with van der Waals surface area (Å²) in [6.45, 7) is 0.643. The van der Waals surface area contributed by atoms with Crippen molar-refractivity contribution in [3.63, 3.8) is 0 Å². The number of hydrogen-bond donors (Lipinski definition) is 2. The molecule has 0 fully saturated rings. The van der Waals surface area contributed by atoms with Crippen molar-refractivity contribution in [2.24, 2.45) is 0 Å². The first-order valence-electron chi connectivity index (χ1n) is 8.25. The van der Waals surface area contributed by atoms with Gasteiger partial charge < -0.3 is 4.98 Å². The van der Waals surface area contributed by atoms with Gasteiger partial charge in [0.05, 0.1) is 29.6 Å². The van der Waals surface area contributed by atoms with Gasteiger partial charge >= 0.3 is 0 Å². The molecule has 0 saturated heterocycles. The van der Waals surface area contributed by atoms with E-state index in [-0.39, 0.29) is 12.5 Å². The number of carbonyl (C=O) groups is 1. The molecule has 0 radical (unpaired) electrons. The van der Waals surface area contributed by atoms with E-state index in [2.05, 4.69) is 20.3 Å². The molecular weight excluding hydrogens is 388 g/mol. The van der Waals surface area contributed by atoms with Crippen molar-refractivity contribution in [3.05, 3.63) is 40.7 Å². The van der Waals surface area contributed by atoms with Crippen LogP contribution in [-0.4, -0.2) is 58.5 Å². The summed E-state index contributed by atoms with van der Waals surface area (Å²) in [5, 5.41) is 3.28. The molecule has 0 unspecified atom stereocenters. The molecule has 4 rings (SSSR count). The number of anilines is 1. The molecule has 1 amide bonds. The standard InChI is InChI=1S/C16H18N6O3S2/c1-21(2)27(24,25)22-6-5-12-14(8-22)26-16(19-12)20-15(23)10-3-4-11-13(7-10)18-9-17-11/h3-4,7,9H,5-6,8H2,1-2H3,(H,17,18)(H,19,20,23). The van der Waals surface area contributed by atoms with Gasteiger partial charge in [0, 0.05) is 37.5 Å². The third-order valence-electron chi connectivity index (χ3n) is 4.39. The summed E-state index contributed by atoms with van der Waals surface area (Å²) in [6.07, 6.45) is 2.10. The number of amides is 1. The lowest BCUT2D eigenvalue weighted by molar-refractivity contribution is 0.102. The van der Waals surface area contributed by atoms with Gasteiger partial charge in [0.2, 0.25) is 0 Å². The smallest absolute Gasteiger partial charge is 0.281 e. The lowest BCUT2D eigenvalue weighted by atomic mass is 10.2. The van der Waals surface area contributed by atoms with Crippen molar-refractivity contribution < 1.29 is 13.2 Å². The number of aromatic nitrogens is 3. The highest BCUT2D eigenvalue weighted by molar-refractivity contribution is 7.86. The van der Waals surface area contributed by atoms with Gasteiger partial charge in [-0.15, -0.1) is 11.3 Å². The zero-order chi connectivity index (χ0) is 19.2. The summed E-state index contributed by atoms with van der Waals surface area (Å²) in [5.41, 5.74) is 2.91. The van der Waals surface area contributed by atoms with Gasteiger partial charge in [0.15, 0.2) is 5.13 Å². The van der Waals surface area contributed by atoms with Crippen molar-refractivity contribution >= 4 is 43.6 Å². The molecule has 27 heavy (non-hydrogen) atoms. The minimum atomic E-state index is -3.47. The van der Waals surface area contributed by atoms with Gasteiger partial charge in [-0.05, 0) is 18.2 Å². The van der Waals surface area contributed by atoms with Gasteiger partial charge in [0.25, 0.3) is 16.1 Å². The molecule has 1 aliphatic heterocycles. The van der Waals surface area contributed by atoms with Crippen LogP contribution < -0.4 is 5.32 Å². The van der Waals surface area contributed by atoms with Crippen molar-refractivity contribution in [2.45, 2.75) is 13.0 Å². The Morgan fingerprint density at radius 1 is 1.37 bits per heavy atom. The van der Waals surface area contributed by atoms with Gasteiger partial charge in [-0.25, -0.2) is 9.97 Å². The molecule has 3 aromatic rings. The highest BCUT2D eigenvalue weighted by Crippen LogP contribution is 2.30. The first kappa shape index (κ1) is 18.0. The molecule has 2 N–H and O–H groups in total. The van der Waals surface area contributed by atoms with Crippen LogP contribution in [-0.2, 0) is 23.2 Å². The van der Waals surface area contributed by atoms with Crippen LogP contribution in [0.5, 0.6) is 0 Å². The normalized spacial score (nSPS) is 15.2. The Balaban J connectivity index is 1.52. The van der Waals surface area contributed by atoms with Crippen molar-refractivity contribution in [3.8, 4) is 0 Å². The van der Waals surface area contributed by atoms with E-state index >= 15 is 0 Å². The second kappa shape index (κ2) is 6.68. The number of benzene rings is 1. The third kappa shape index (κ3) is 3.34. The number of thiazole rings is 1. The molecule has 3 heterocycles. The maximum absolute atomic E-state index is 12.5. The number of nitrogens with zero attached hydrogens (tertiary/aromatic N) is 4. The van der Waals surface area contributed by atoms with Crippen molar-refractivity contribution in [1.29, 1.82) is 0 Å². The lowest BCUT2D eigenvalue weighted by Crippen LogP contribution is -2.42. The number of hydrogen-bond acceptors (Lipinski definition) is 6. The van der Waals surface area contributed by atoms with Crippen LogP contribution in [0.25, 0.3) is 11.0 Å². The number of aromatic amines is 1. The molecule has 2 aromatic heterocycles. The van der Waals surface area contributed by atoms with Crippen molar-refractivity contribution in [1.82, 2.24) is 23.6 Å². The highest BCUT2D eigenvalue weighted by Gasteiger charge is 2.30. The Hall–Kier alpha value is -2.34. The van der Waals surface area contributed by atoms with Crippen LogP contribution in [0.2, 0.25) is 0 Å². The van der Waals surface area contributed by atoms with Crippen LogP contribution in [0.3, 0.4) is 0 Å². The van der Waals surface area contributed by atoms with Crippen LogP contribution in [0.4, 0.5) is 5.13 Å². The summed E-state index contributed by atoms with van der Waals surface area (Å²) in [4.78, 5) is 24.9. The number of fused-ring (bicyclic) bond motifs is 2. The molecule has 0 saturated carbocycles. The summed E-state index contributed by atoms with van der Waals surface area (Å²) in [6, 6.07) is 5.21. The molecule has 1 aliphatic rings. The molecule has 0 bridgehead atoms. The summed E-state index contributed by atoms with van der Waals surface area (Å²) >= 11 is 1.31. The Labute approximate surface area is 160 Å². The molecule has 11 heteroatoms. The van der Waals surface area contributed by atoms with E-state index in [0.29, 0.717) is 23.7 Å². The number of carbonyl (C=O) groups excluding carboxylic acids is 1. The predicted molar refractivity (Wildman–Crippen MR) is 103 cm³/mol. The van der Waals surface area contributed by atoms with Gasteiger partial charge in [-0.1, -0.05) is 0 Å². The second-order valence-corrected chi connectivity index (χ2v) is 9.58.